The van der Waals surface area contributed by atoms with Gasteiger partial charge in [-0.3, -0.25) is 9.59 Å². The molecule has 2 heterocycles. The van der Waals surface area contributed by atoms with Gasteiger partial charge in [0.25, 0.3) is 5.91 Å². The maximum Gasteiger partial charge on any atom is 0.268 e. The molecule has 0 saturated carbocycles. The summed E-state index contributed by atoms with van der Waals surface area (Å²) in [5.41, 5.74) is 0.708. The number of nitrogens with zero attached hydrogens (tertiary/aromatic N) is 1. The molecule has 2 amide bonds. The van der Waals surface area contributed by atoms with Crippen LogP contribution in [0.25, 0.3) is 0 Å². The first-order valence-corrected chi connectivity index (χ1v) is 6.97. The molecule has 1 aliphatic heterocycles. The Morgan fingerprint density at radius 3 is 2.86 bits per heavy atom. The third-order valence-corrected chi connectivity index (χ3v) is 3.51. The zero-order valence-electron chi connectivity index (χ0n) is 12.1. The molecule has 1 aliphatic rings. The lowest BCUT2D eigenvalue weighted by Gasteiger charge is -2.31. The van der Waals surface area contributed by atoms with Crippen LogP contribution in [-0.2, 0) is 16.1 Å². The highest BCUT2D eigenvalue weighted by Crippen LogP contribution is 2.33. The Labute approximate surface area is 127 Å². The van der Waals surface area contributed by atoms with E-state index >= 15 is 0 Å². The Hall–Kier alpha value is -2.76. The molecule has 1 unspecified atom stereocenters. The largest absolute Gasteiger partial charge is 0.478 e. The normalized spacial score (nSPS) is 16.9. The lowest BCUT2D eigenvalue weighted by atomic mass is 10.1. The van der Waals surface area contributed by atoms with Crippen LogP contribution in [-0.4, -0.2) is 25.0 Å². The molecule has 0 spiro atoms. The maximum absolute atomic E-state index is 12.3. The molecule has 0 bridgehead atoms. The van der Waals surface area contributed by atoms with Crippen LogP contribution in [0.5, 0.6) is 5.75 Å². The van der Waals surface area contributed by atoms with Gasteiger partial charge in [-0.15, -0.1) is 0 Å². The summed E-state index contributed by atoms with van der Waals surface area (Å²) in [6.45, 7) is 0.291. The number of carbonyl (C=O) groups excluding carboxylic acids is 2. The van der Waals surface area contributed by atoms with Gasteiger partial charge in [0, 0.05) is 7.05 Å². The molecule has 0 aliphatic carbocycles. The fourth-order valence-corrected chi connectivity index (χ4v) is 2.34. The highest BCUT2D eigenvalue weighted by Gasteiger charge is 2.33. The second-order valence-corrected chi connectivity index (χ2v) is 5.03. The van der Waals surface area contributed by atoms with Gasteiger partial charge in [0.1, 0.15) is 11.5 Å². The first kappa shape index (κ1) is 14.2. The summed E-state index contributed by atoms with van der Waals surface area (Å²) in [4.78, 5) is 25.7. The molecular formula is C16H16N2O4. The van der Waals surface area contributed by atoms with Crippen LogP contribution in [0.3, 0.4) is 0 Å². The predicted molar refractivity (Wildman–Crippen MR) is 79.4 cm³/mol. The fraction of sp³-hybridized carbons (Fsp3) is 0.250. The number of amides is 2. The molecule has 0 saturated heterocycles. The molecule has 3 rings (SSSR count). The number of para-hydroxylation sites is 2. The van der Waals surface area contributed by atoms with E-state index in [1.807, 2.05) is 12.1 Å². The topological polar surface area (TPSA) is 71.8 Å². The van der Waals surface area contributed by atoms with Crippen LogP contribution in [0.1, 0.15) is 12.2 Å². The number of furan rings is 1. The van der Waals surface area contributed by atoms with Gasteiger partial charge in [0.05, 0.1) is 24.9 Å². The van der Waals surface area contributed by atoms with E-state index in [0.29, 0.717) is 23.7 Å². The average molecular weight is 300 g/mol. The van der Waals surface area contributed by atoms with Crippen LogP contribution in [0.4, 0.5) is 5.69 Å². The van der Waals surface area contributed by atoms with E-state index in [0.717, 1.165) is 0 Å². The van der Waals surface area contributed by atoms with Gasteiger partial charge in [-0.05, 0) is 24.3 Å². The van der Waals surface area contributed by atoms with Gasteiger partial charge in [-0.25, -0.2) is 0 Å². The second-order valence-electron chi connectivity index (χ2n) is 5.03. The molecule has 1 aromatic heterocycles. The Morgan fingerprint density at radius 2 is 2.09 bits per heavy atom. The van der Waals surface area contributed by atoms with Gasteiger partial charge >= 0.3 is 0 Å². The van der Waals surface area contributed by atoms with E-state index in [1.165, 1.54) is 4.90 Å². The minimum atomic E-state index is -0.809. The molecule has 1 aromatic carbocycles. The van der Waals surface area contributed by atoms with E-state index in [2.05, 4.69) is 5.32 Å². The number of carbonyl (C=O) groups is 2. The number of hydrogen-bond acceptors (Lipinski definition) is 4. The number of benzene rings is 1. The summed E-state index contributed by atoms with van der Waals surface area (Å²) < 4.78 is 10.8. The molecule has 22 heavy (non-hydrogen) atoms. The molecule has 0 radical (unpaired) electrons. The van der Waals surface area contributed by atoms with E-state index in [4.69, 9.17) is 9.15 Å². The quantitative estimate of drug-likeness (QED) is 0.933. The zero-order chi connectivity index (χ0) is 15.5. The first-order chi connectivity index (χ1) is 10.6. The number of ether oxygens (including phenoxy) is 1. The van der Waals surface area contributed by atoms with Crippen molar-refractivity contribution in [1.29, 1.82) is 0 Å². The lowest BCUT2D eigenvalue weighted by Crippen LogP contribution is -2.46. The van der Waals surface area contributed by atoms with E-state index in [1.54, 1.807) is 37.6 Å². The molecule has 6 heteroatoms. The number of rotatable bonds is 4. The molecule has 1 atom stereocenters. The second kappa shape index (κ2) is 5.93. The van der Waals surface area contributed by atoms with Crippen molar-refractivity contribution in [2.45, 2.75) is 19.1 Å². The van der Waals surface area contributed by atoms with Crippen LogP contribution in [0.2, 0.25) is 0 Å². The van der Waals surface area contributed by atoms with Crippen LogP contribution in [0, 0.1) is 0 Å². The smallest absolute Gasteiger partial charge is 0.268 e. The highest BCUT2D eigenvalue weighted by atomic mass is 16.5. The highest BCUT2D eigenvalue weighted by molar-refractivity contribution is 6.01. The van der Waals surface area contributed by atoms with Crippen LogP contribution in [0.15, 0.2) is 47.1 Å². The number of fused-ring (bicyclic) bond motifs is 1. The van der Waals surface area contributed by atoms with Gasteiger partial charge in [-0.2, -0.15) is 0 Å². The monoisotopic (exact) mass is 300 g/mol. The van der Waals surface area contributed by atoms with Gasteiger partial charge in [0.2, 0.25) is 5.91 Å². The summed E-state index contributed by atoms with van der Waals surface area (Å²) >= 11 is 0. The Balaban J connectivity index is 1.63. The predicted octanol–water partition coefficient (Wildman–Crippen LogP) is 1.71. The lowest BCUT2D eigenvalue weighted by molar-refractivity contribution is -0.132. The van der Waals surface area contributed by atoms with Crippen molar-refractivity contribution in [3.05, 3.63) is 48.4 Å². The first-order valence-electron chi connectivity index (χ1n) is 6.97. The van der Waals surface area contributed by atoms with Crippen molar-refractivity contribution < 1.29 is 18.7 Å². The fourth-order valence-electron chi connectivity index (χ4n) is 2.34. The molecule has 0 fully saturated rings. The Kier molecular flexibility index (Phi) is 3.82. The van der Waals surface area contributed by atoms with Crippen LogP contribution >= 0.6 is 0 Å². The zero-order valence-corrected chi connectivity index (χ0v) is 12.1. The van der Waals surface area contributed by atoms with Crippen molar-refractivity contribution in [2.24, 2.45) is 0 Å². The van der Waals surface area contributed by atoms with Crippen molar-refractivity contribution >= 4 is 17.5 Å². The molecule has 1 N–H and O–H groups in total. The Bertz CT molecular complexity index is 681. The Morgan fingerprint density at radius 1 is 1.27 bits per heavy atom. The summed E-state index contributed by atoms with van der Waals surface area (Å²) in [5.74, 6) is 0.773. The summed E-state index contributed by atoms with van der Waals surface area (Å²) in [6.07, 6.45) is 0.704. The minimum absolute atomic E-state index is 0.0295. The molecular weight excluding hydrogens is 284 g/mol. The van der Waals surface area contributed by atoms with Gasteiger partial charge in [0.15, 0.2) is 6.10 Å². The average Bonchev–Trinajstić information content (AvgIpc) is 3.04. The number of nitrogens with one attached hydrogen (secondary N) is 1. The number of anilines is 1. The van der Waals surface area contributed by atoms with Crippen molar-refractivity contribution in [1.82, 2.24) is 5.32 Å². The minimum Gasteiger partial charge on any atom is -0.478 e. The van der Waals surface area contributed by atoms with Gasteiger partial charge < -0.3 is 19.4 Å². The van der Waals surface area contributed by atoms with Gasteiger partial charge in [-0.1, -0.05) is 12.1 Å². The van der Waals surface area contributed by atoms with E-state index < -0.39 is 6.10 Å². The molecule has 6 nitrogen and oxygen atoms in total. The third kappa shape index (κ3) is 2.81. The number of hydrogen-bond donors (Lipinski definition) is 1. The summed E-state index contributed by atoms with van der Waals surface area (Å²) in [7, 11) is 1.68. The SMILES string of the molecule is CN1C(=O)C(CC(=O)NCc2ccco2)Oc2ccccc21. The van der Waals surface area contributed by atoms with E-state index in [9.17, 15) is 9.59 Å². The third-order valence-electron chi connectivity index (χ3n) is 3.51. The molecule has 114 valence electrons. The molecule has 2 aromatic rings. The summed E-state index contributed by atoms with van der Waals surface area (Å²) in [5, 5.41) is 2.71. The number of likely N-dealkylation sites (N-methyl/N-ethyl adjacent to an activating group) is 1. The van der Waals surface area contributed by atoms with Crippen LogP contribution < -0.4 is 15.0 Å². The summed E-state index contributed by atoms with van der Waals surface area (Å²) in [6, 6.07) is 10.8. The van der Waals surface area contributed by atoms with E-state index in [-0.39, 0.29) is 18.2 Å². The van der Waals surface area contributed by atoms with Crippen molar-refractivity contribution in [3.8, 4) is 5.75 Å². The van der Waals surface area contributed by atoms with Crippen molar-refractivity contribution in [2.75, 3.05) is 11.9 Å². The standard InChI is InChI=1S/C16H16N2O4/c1-18-12-6-2-3-7-13(12)22-14(16(18)20)9-15(19)17-10-11-5-4-8-21-11/h2-8,14H,9-10H2,1H3,(H,17,19). The maximum atomic E-state index is 12.3. The van der Waals surface area contributed by atoms with Crippen molar-refractivity contribution in [3.63, 3.8) is 0 Å².